The van der Waals surface area contributed by atoms with E-state index in [9.17, 15) is 8.42 Å². The second-order valence-corrected chi connectivity index (χ2v) is 6.98. The van der Waals surface area contributed by atoms with Crippen LogP contribution >= 0.6 is 11.3 Å². The van der Waals surface area contributed by atoms with Gasteiger partial charge in [0.05, 0.1) is 17.4 Å². The number of benzene rings is 1. The molecule has 104 valence electrons. The van der Waals surface area contributed by atoms with E-state index in [-0.39, 0.29) is 12.3 Å². The van der Waals surface area contributed by atoms with Gasteiger partial charge in [0, 0.05) is 6.54 Å². The van der Waals surface area contributed by atoms with Crippen molar-refractivity contribution in [2.75, 3.05) is 0 Å². The third-order valence-electron chi connectivity index (χ3n) is 2.93. The first-order valence-electron chi connectivity index (χ1n) is 5.99. The van der Waals surface area contributed by atoms with Crippen molar-refractivity contribution in [2.45, 2.75) is 19.2 Å². The zero-order valence-electron chi connectivity index (χ0n) is 11.0. The van der Waals surface area contributed by atoms with E-state index in [1.54, 1.807) is 35.6 Å². The molecule has 2 rings (SSSR count). The van der Waals surface area contributed by atoms with Crippen LogP contribution in [0.25, 0.3) is 0 Å². The minimum Gasteiger partial charge on any atom is -0.212 e. The van der Waals surface area contributed by atoms with Crippen molar-refractivity contribution < 1.29 is 8.42 Å². The average molecular weight is 306 g/mol. The summed E-state index contributed by atoms with van der Waals surface area (Å²) in [6.45, 7) is 2.23. The number of hydrogen-bond donors (Lipinski definition) is 1. The summed E-state index contributed by atoms with van der Waals surface area (Å²) in [4.78, 5) is 0. The van der Waals surface area contributed by atoms with E-state index in [1.165, 1.54) is 0 Å². The van der Waals surface area contributed by atoms with E-state index in [2.05, 4.69) is 4.72 Å². The SMILES string of the molecule is Cc1cscc1CNS(=O)(=O)Cc1ccccc1C#N. The lowest BCUT2D eigenvalue weighted by molar-refractivity contribution is 0.580. The number of sulfonamides is 1. The minimum atomic E-state index is -3.46. The Labute approximate surface area is 122 Å². The lowest BCUT2D eigenvalue weighted by atomic mass is 10.1. The Kier molecular flexibility index (Phi) is 4.55. The molecule has 0 saturated carbocycles. The zero-order chi connectivity index (χ0) is 14.6. The molecule has 1 aromatic carbocycles. The van der Waals surface area contributed by atoms with Gasteiger partial charge in [-0.2, -0.15) is 16.6 Å². The Bertz CT molecular complexity index is 743. The van der Waals surface area contributed by atoms with E-state index in [0.29, 0.717) is 11.1 Å². The number of nitrogens with zero attached hydrogens (tertiary/aromatic N) is 1. The molecule has 0 spiro atoms. The van der Waals surface area contributed by atoms with Gasteiger partial charge in [0.15, 0.2) is 0 Å². The first-order valence-corrected chi connectivity index (χ1v) is 8.58. The molecule has 6 heteroatoms. The molecular weight excluding hydrogens is 292 g/mol. The van der Waals surface area contributed by atoms with E-state index in [1.807, 2.05) is 23.8 Å². The fraction of sp³-hybridized carbons (Fsp3) is 0.214. The summed E-state index contributed by atoms with van der Waals surface area (Å²) in [7, 11) is -3.46. The van der Waals surface area contributed by atoms with Crippen molar-refractivity contribution in [1.82, 2.24) is 4.72 Å². The van der Waals surface area contributed by atoms with Gasteiger partial charge in [-0.3, -0.25) is 0 Å². The number of nitriles is 1. The van der Waals surface area contributed by atoms with Crippen LogP contribution in [0.5, 0.6) is 0 Å². The predicted molar refractivity (Wildman–Crippen MR) is 79.7 cm³/mol. The van der Waals surface area contributed by atoms with E-state index in [0.717, 1.165) is 11.1 Å². The first-order chi connectivity index (χ1) is 9.52. The predicted octanol–water partition coefficient (Wildman–Crippen LogP) is 2.55. The molecule has 20 heavy (non-hydrogen) atoms. The monoisotopic (exact) mass is 306 g/mol. The van der Waals surface area contributed by atoms with Crippen molar-refractivity contribution in [3.8, 4) is 6.07 Å². The van der Waals surface area contributed by atoms with Gasteiger partial charge in [-0.25, -0.2) is 13.1 Å². The Hall–Kier alpha value is -1.68. The largest absolute Gasteiger partial charge is 0.216 e. The summed E-state index contributed by atoms with van der Waals surface area (Å²) in [5.74, 6) is -0.181. The molecule has 0 fully saturated rings. The third-order valence-corrected chi connectivity index (χ3v) is 5.11. The molecule has 0 aliphatic rings. The zero-order valence-corrected chi connectivity index (χ0v) is 12.6. The Balaban J connectivity index is 2.08. The standard InChI is InChI=1S/C14H14N2O2S2/c1-11-8-19-9-14(11)7-16-20(17,18)10-13-5-3-2-4-12(13)6-15/h2-5,8-9,16H,7,10H2,1H3. The molecular formula is C14H14N2O2S2. The summed E-state index contributed by atoms with van der Waals surface area (Å²) >= 11 is 1.55. The quantitative estimate of drug-likeness (QED) is 0.923. The summed E-state index contributed by atoms with van der Waals surface area (Å²) in [6, 6.07) is 8.74. The highest BCUT2D eigenvalue weighted by atomic mass is 32.2. The van der Waals surface area contributed by atoms with E-state index < -0.39 is 10.0 Å². The van der Waals surface area contributed by atoms with Crippen molar-refractivity contribution in [2.24, 2.45) is 0 Å². The van der Waals surface area contributed by atoms with Crippen molar-refractivity contribution in [3.05, 3.63) is 57.3 Å². The van der Waals surface area contributed by atoms with Crippen molar-refractivity contribution in [3.63, 3.8) is 0 Å². The van der Waals surface area contributed by atoms with Crippen LogP contribution in [0.3, 0.4) is 0 Å². The second-order valence-electron chi connectivity index (χ2n) is 4.43. The summed E-state index contributed by atoms with van der Waals surface area (Å²) in [6.07, 6.45) is 0. The molecule has 0 radical (unpaired) electrons. The number of thiophene rings is 1. The molecule has 0 bridgehead atoms. The Morgan fingerprint density at radius 3 is 2.65 bits per heavy atom. The molecule has 1 aromatic heterocycles. The molecule has 2 aromatic rings. The molecule has 0 saturated heterocycles. The molecule has 0 atom stereocenters. The van der Waals surface area contributed by atoms with Gasteiger partial charge in [0.1, 0.15) is 0 Å². The smallest absolute Gasteiger partial charge is 0.212 e. The molecule has 0 aliphatic heterocycles. The third kappa shape index (κ3) is 3.67. The van der Waals surface area contributed by atoms with Crippen LogP contribution in [0.15, 0.2) is 35.0 Å². The maximum Gasteiger partial charge on any atom is 0.216 e. The van der Waals surface area contributed by atoms with Crippen LogP contribution in [0.1, 0.15) is 22.3 Å². The molecule has 0 amide bonds. The average Bonchev–Trinajstić information content (AvgIpc) is 2.82. The van der Waals surface area contributed by atoms with Crippen LogP contribution in [-0.2, 0) is 22.3 Å². The number of hydrogen-bond acceptors (Lipinski definition) is 4. The molecule has 0 aliphatic carbocycles. The fourth-order valence-corrected chi connectivity index (χ4v) is 3.76. The normalized spacial score (nSPS) is 11.2. The maximum absolute atomic E-state index is 12.1. The Morgan fingerprint density at radius 2 is 2.00 bits per heavy atom. The summed E-state index contributed by atoms with van der Waals surface area (Å²) in [5, 5.41) is 12.9. The maximum atomic E-state index is 12.1. The van der Waals surface area contributed by atoms with Gasteiger partial charge < -0.3 is 0 Å². The van der Waals surface area contributed by atoms with E-state index >= 15 is 0 Å². The number of aryl methyl sites for hydroxylation is 1. The molecule has 1 N–H and O–H groups in total. The lowest BCUT2D eigenvalue weighted by Crippen LogP contribution is -2.25. The van der Waals surface area contributed by atoms with Crippen molar-refractivity contribution >= 4 is 21.4 Å². The van der Waals surface area contributed by atoms with Gasteiger partial charge in [0.2, 0.25) is 10.0 Å². The van der Waals surface area contributed by atoms with Crippen LogP contribution in [0.2, 0.25) is 0 Å². The van der Waals surface area contributed by atoms with Gasteiger partial charge in [-0.05, 0) is 40.4 Å². The van der Waals surface area contributed by atoms with Crippen LogP contribution in [0.4, 0.5) is 0 Å². The topological polar surface area (TPSA) is 70.0 Å². The number of nitrogens with one attached hydrogen (secondary N) is 1. The molecule has 0 unspecified atom stereocenters. The van der Waals surface area contributed by atoms with Gasteiger partial charge in [0.25, 0.3) is 0 Å². The highest BCUT2D eigenvalue weighted by Gasteiger charge is 2.14. The minimum absolute atomic E-state index is 0.181. The molecule has 1 heterocycles. The summed E-state index contributed by atoms with van der Waals surface area (Å²) < 4.78 is 26.7. The van der Waals surface area contributed by atoms with Crippen LogP contribution in [-0.4, -0.2) is 8.42 Å². The highest BCUT2D eigenvalue weighted by Crippen LogP contribution is 2.15. The van der Waals surface area contributed by atoms with Gasteiger partial charge >= 0.3 is 0 Å². The van der Waals surface area contributed by atoms with Gasteiger partial charge in [-0.15, -0.1) is 0 Å². The van der Waals surface area contributed by atoms with E-state index in [4.69, 9.17) is 5.26 Å². The van der Waals surface area contributed by atoms with Gasteiger partial charge in [-0.1, -0.05) is 18.2 Å². The number of rotatable bonds is 5. The van der Waals surface area contributed by atoms with Crippen LogP contribution < -0.4 is 4.72 Å². The van der Waals surface area contributed by atoms with Crippen LogP contribution in [0, 0.1) is 18.3 Å². The fourth-order valence-electron chi connectivity index (χ4n) is 1.77. The Morgan fingerprint density at radius 1 is 1.25 bits per heavy atom. The van der Waals surface area contributed by atoms with Crippen molar-refractivity contribution in [1.29, 1.82) is 5.26 Å². The first kappa shape index (κ1) is 14.7. The highest BCUT2D eigenvalue weighted by molar-refractivity contribution is 7.88. The lowest BCUT2D eigenvalue weighted by Gasteiger charge is -2.07. The second kappa shape index (κ2) is 6.18. The molecule has 4 nitrogen and oxygen atoms in total. The summed E-state index contributed by atoms with van der Waals surface area (Å²) in [5.41, 5.74) is 2.97.